The van der Waals surface area contributed by atoms with E-state index in [1.807, 2.05) is 0 Å². The minimum Gasteiger partial charge on any atom is -0.376 e. The number of ether oxygens (including phenoxy) is 1. The third-order valence-corrected chi connectivity index (χ3v) is 3.90. The zero-order valence-corrected chi connectivity index (χ0v) is 12.2. The van der Waals surface area contributed by atoms with Crippen LogP contribution in [0.4, 0.5) is 4.39 Å². The molecule has 110 valence electrons. The van der Waals surface area contributed by atoms with Crippen molar-refractivity contribution < 1.29 is 13.9 Å². The Labute approximate surface area is 127 Å². The summed E-state index contributed by atoms with van der Waals surface area (Å²) in [4.78, 5) is 13.8. The van der Waals surface area contributed by atoms with Crippen molar-refractivity contribution >= 4 is 29.3 Å². The number of amides is 1. The molecular weight excluding hydrogens is 291 g/mol. The number of nitrogens with one attached hydrogen (secondary N) is 1. The first-order chi connectivity index (χ1) is 10.1. The van der Waals surface area contributed by atoms with Gasteiger partial charge in [-0.3, -0.25) is 9.69 Å². The number of benzene rings is 1. The molecule has 0 saturated carbocycles. The number of rotatable bonds is 3. The maximum atomic E-state index is 13.6. The highest BCUT2D eigenvalue weighted by Crippen LogP contribution is 2.19. The van der Waals surface area contributed by atoms with Crippen molar-refractivity contribution in [2.24, 2.45) is 0 Å². The standard InChI is InChI=1S/C15H15FN2O2S/c16-12-6-2-1-4-10(12)8-13-14(19)18(15(21)17-13)9-11-5-3-7-20-11/h1-2,4,6,8,11H,3,5,7,9H2,(H,17,21)/b13-8+. The SMILES string of the molecule is O=C1/C(=C\c2ccccc2F)NC(=S)N1CC1CCCO1. The lowest BCUT2D eigenvalue weighted by molar-refractivity contribution is -0.123. The molecular formula is C15H15FN2O2S. The van der Waals surface area contributed by atoms with E-state index in [0.717, 1.165) is 19.4 Å². The summed E-state index contributed by atoms with van der Waals surface area (Å²) < 4.78 is 19.2. The second kappa shape index (κ2) is 5.91. The molecule has 1 N–H and O–H groups in total. The number of hydrogen-bond acceptors (Lipinski definition) is 3. The van der Waals surface area contributed by atoms with Crippen molar-refractivity contribution in [3.8, 4) is 0 Å². The van der Waals surface area contributed by atoms with Crippen LogP contribution < -0.4 is 5.32 Å². The Morgan fingerprint density at radius 2 is 2.29 bits per heavy atom. The third-order valence-electron chi connectivity index (χ3n) is 3.58. The number of thiocarbonyl (C=S) groups is 1. The summed E-state index contributed by atoms with van der Waals surface area (Å²) in [6.07, 6.45) is 3.45. The molecule has 0 aromatic heterocycles. The molecule has 1 atom stereocenters. The summed E-state index contributed by atoms with van der Waals surface area (Å²) in [5, 5.41) is 3.20. The van der Waals surface area contributed by atoms with Crippen LogP contribution in [0.3, 0.4) is 0 Å². The summed E-state index contributed by atoms with van der Waals surface area (Å²) >= 11 is 5.18. The lowest BCUT2D eigenvalue weighted by Gasteiger charge is -2.18. The smallest absolute Gasteiger partial charge is 0.276 e. The molecule has 2 aliphatic rings. The molecule has 21 heavy (non-hydrogen) atoms. The lowest BCUT2D eigenvalue weighted by atomic mass is 10.1. The summed E-state index contributed by atoms with van der Waals surface area (Å²) in [6, 6.07) is 6.30. The van der Waals surface area contributed by atoms with Crippen molar-refractivity contribution in [3.63, 3.8) is 0 Å². The van der Waals surface area contributed by atoms with Gasteiger partial charge in [0.25, 0.3) is 5.91 Å². The van der Waals surface area contributed by atoms with Gasteiger partial charge in [-0.25, -0.2) is 4.39 Å². The van der Waals surface area contributed by atoms with Crippen molar-refractivity contribution in [1.82, 2.24) is 10.2 Å². The van der Waals surface area contributed by atoms with Gasteiger partial charge < -0.3 is 10.1 Å². The van der Waals surface area contributed by atoms with Crippen LogP contribution in [0.25, 0.3) is 6.08 Å². The molecule has 0 bridgehead atoms. The quantitative estimate of drug-likeness (QED) is 0.685. The summed E-state index contributed by atoms with van der Waals surface area (Å²) in [6.45, 7) is 1.17. The van der Waals surface area contributed by atoms with E-state index in [0.29, 0.717) is 22.9 Å². The van der Waals surface area contributed by atoms with Crippen LogP contribution in [0.2, 0.25) is 0 Å². The summed E-state index contributed by atoms with van der Waals surface area (Å²) in [5.41, 5.74) is 0.651. The molecule has 3 rings (SSSR count). The minimum atomic E-state index is -0.372. The Kier molecular flexibility index (Phi) is 3.98. The molecule has 1 aromatic rings. The van der Waals surface area contributed by atoms with Crippen LogP contribution in [0, 0.1) is 5.82 Å². The number of halogens is 1. The maximum Gasteiger partial charge on any atom is 0.276 e. The second-order valence-electron chi connectivity index (χ2n) is 5.06. The highest BCUT2D eigenvalue weighted by atomic mass is 32.1. The van der Waals surface area contributed by atoms with Crippen LogP contribution in [0.1, 0.15) is 18.4 Å². The average molecular weight is 306 g/mol. The molecule has 1 aromatic carbocycles. The third kappa shape index (κ3) is 2.96. The van der Waals surface area contributed by atoms with E-state index in [2.05, 4.69) is 5.32 Å². The van der Waals surface area contributed by atoms with Gasteiger partial charge in [0.2, 0.25) is 0 Å². The van der Waals surface area contributed by atoms with Crippen molar-refractivity contribution in [2.45, 2.75) is 18.9 Å². The first-order valence-corrected chi connectivity index (χ1v) is 7.26. The minimum absolute atomic E-state index is 0.0292. The van der Waals surface area contributed by atoms with Gasteiger partial charge in [-0.05, 0) is 37.2 Å². The molecule has 0 radical (unpaired) electrons. The van der Waals surface area contributed by atoms with Gasteiger partial charge in [-0.1, -0.05) is 18.2 Å². The van der Waals surface area contributed by atoms with Crippen molar-refractivity contribution in [2.75, 3.05) is 13.2 Å². The van der Waals surface area contributed by atoms with E-state index in [-0.39, 0.29) is 17.8 Å². The number of carbonyl (C=O) groups is 1. The first kappa shape index (κ1) is 14.2. The number of hydrogen-bond donors (Lipinski definition) is 1. The normalized spacial score (nSPS) is 24.0. The second-order valence-corrected chi connectivity index (χ2v) is 5.45. The Morgan fingerprint density at radius 3 is 3.00 bits per heavy atom. The van der Waals surface area contributed by atoms with Gasteiger partial charge in [0.1, 0.15) is 11.5 Å². The number of carbonyl (C=O) groups excluding carboxylic acids is 1. The van der Waals surface area contributed by atoms with Gasteiger partial charge >= 0.3 is 0 Å². The monoisotopic (exact) mass is 306 g/mol. The maximum absolute atomic E-state index is 13.6. The Morgan fingerprint density at radius 1 is 1.48 bits per heavy atom. The van der Waals surface area contributed by atoms with Gasteiger partial charge in [-0.15, -0.1) is 0 Å². The van der Waals surface area contributed by atoms with Gasteiger partial charge in [-0.2, -0.15) is 0 Å². The summed E-state index contributed by atoms with van der Waals surface area (Å²) in [5.74, 6) is -0.609. The van der Waals surface area contributed by atoms with Crippen molar-refractivity contribution in [1.29, 1.82) is 0 Å². The van der Waals surface area contributed by atoms with Gasteiger partial charge in [0, 0.05) is 12.2 Å². The summed E-state index contributed by atoms with van der Waals surface area (Å²) in [7, 11) is 0. The first-order valence-electron chi connectivity index (χ1n) is 6.86. The average Bonchev–Trinajstić information content (AvgIpc) is 3.06. The zero-order chi connectivity index (χ0) is 14.8. The lowest BCUT2D eigenvalue weighted by Crippen LogP contribution is -2.37. The van der Waals surface area contributed by atoms with E-state index in [1.54, 1.807) is 18.2 Å². The van der Waals surface area contributed by atoms with Crippen LogP contribution in [0.5, 0.6) is 0 Å². The Hall–Kier alpha value is -1.79. The fourth-order valence-electron chi connectivity index (χ4n) is 2.48. The van der Waals surface area contributed by atoms with Gasteiger partial charge in [0.15, 0.2) is 5.11 Å². The largest absolute Gasteiger partial charge is 0.376 e. The molecule has 6 heteroatoms. The van der Waals surface area contributed by atoms with Crippen LogP contribution >= 0.6 is 12.2 Å². The van der Waals surface area contributed by atoms with E-state index < -0.39 is 0 Å². The van der Waals surface area contributed by atoms with Crippen LogP contribution in [0.15, 0.2) is 30.0 Å². The molecule has 1 unspecified atom stereocenters. The van der Waals surface area contributed by atoms with E-state index >= 15 is 0 Å². The zero-order valence-electron chi connectivity index (χ0n) is 11.3. The fourth-order valence-corrected chi connectivity index (χ4v) is 2.74. The molecule has 2 saturated heterocycles. The van der Waals surface area contributed by atoms with E-state index in [4.69, 9.17) is 17.0 Å². The molecule has 1 amide bonds. The molecule has 0 spiro atoms. The molecule has 4 nitrogen and oxygen atoms in total. The highest BCUT2D eigenvalue weighted by Gasteiger charge is 2.33. The molecule has 2 aliphatic heterocycles. The predicted octanol–water partition coefficient (Wildman–Crippen LogP) is 2.06. The number of nitrogens with zero attached hydrogens (tertiary/aromatic N) is 1. The van der Waals surface area contributed by atoms with Crippen LogP contribution in [-0.4, -0.2) is 35.2 Å². The van der Waals surface area contributed by atoms with E-state index in [9.17, 15) is 9.18 Å². The van der Waals surface area contributed by atoms with Crippen LogP contribution in [-0.2, 0) is 9.53 Å². The Balaban J connectivity index is 1.78. The molecule has 0 aliphatic carbocycles. The highest BCUT2D eigenvalue weighted by molar-refractivity contribution is 7.80. The topological polar surface area (TPSA) is 41.6 Å². The van der Waals surface area contributed by atoms with Gasteiger partial charge in [0.05, 0.1) is 12.6 Å². The van der Waals surface area contributed by atoms with Crippen molar-refractivity contribution in [3.05, 3.63) is 41.3 Å². The molecule has 2 heterocycles. The predicted molar refractivity (Wildman–Crippen MR) is 80.8 cm³/mol. The molecule has 2 fully saturated rings. The Bertz CT molecular complexity index is 611. The fraction of sp³-hybridized carbons (Fsp3) is 0.333. The van der Waals surface area contributed by atoms with E-state index in [1.165, 1.54) is 17.0 Å².